The third-order valence-corrected chi connectivity index (χ3v) is 5.39. The normalized spacial score (nSPS) is 13.4. The van der Waals surface area contributed by atoms with E-state index in [1.54, 1.807) is 0 Å². The highest BCUT2D eigenvalue weighted by molar-refractivity contribution is 4.71. The molecule has 0 saturated heterocycles. The van der Waals surface area contributed by atoms with E-state index in [1.807, 2.05) is 0 Å². The van der Waals surface area contributed by atoms with Crippen molar-refractivity contribution in [1.82, 2.24) is 4.90 Å². The van der Waals surface area contributed by atoms with Crippen LogP contribution in [0.15, 0.2) is 0 Å². The lowest BCUT2D eigenvalue weighted by molar-refractivity contribution is 0.0881. The summed E-state index contributed by atoms with van der Waals surface area (Å²) in [6.45, 7) is 43.0. The summed E-state index contributed by atoms with van der Waals surface area (Å²) in [5.74, 6) is 0.831. The van der Waals surface area contributed by atoms with Crippen LogP contribution >= 0.6 is 0 Å². The van der Waals surface area contributed by atoms with Gasteiger partial charge >= 0.3 is 0 Å². The first-order chi connectivity index (χ1) is 15.2. The largest absolute Gasteiger partial charge is 0.381 e. The second kappa shape index (κ2) is 17.4. The van der Waals surface area contributed by atoms with Gasteiger partial charge in [0.25, 0.3) is 0 Å². The summed E-state index contributed by atoms with van der Waals surface area (Å²) in [4.78, 5) is 2.45. The Morgan fingerprint density at radius 2 is 0.857 bits per heavy atom. The van der Waals surface area contributed by atoms with E-state index in [4.69, 9.17) is 4.74 Å². The van der Waals surface area contributed by atoms with Gasteiger partial charge in [0, 0.05) is 13.2 Å². The molecule has 2 heteroatoms. The van der Waals surface area contributed by atoms with E-state index in [-0.39, 0.29) is 0 Å². The third-order valence-electron chi connectivity index (χ3n) is 5.39. The minimum atomic E-state index is 0.404. The Bertz CT molecular complexity index is 444. The topological polar surface area (TPSA) is 12.5 Å². The highest BCUT2D eigenvalue weighted by Gasteiger charge is 2.20. The lowest BCUT2D eigenvalue weighted by Crippen LogP contribution is -2.25. The Kier molecular flexibility index (Phi) is 19.6. The first-order valence-electron chi connectivity index (χ1n) is 14.5. The SMILES string of the molecule is CC(C)(C)CC(C)(C)C.CC(C)(C)CCOCCC(C)(C)C.CC(C)CCN(C)CCC(C)(C)C. The molecule has 0 bridgehead atoms. The molecule has 0 aliphatic heterocycles. The van der Waals surface area contributed by atoms with Crippen LogP contribution in [0.25, 0.3) is 0 Å². The Balaban J connectivity index is -0.000000448. The Labute approximate surface area is 225 Å². The minimum Gasteiger partial charge on any atom is -0.381 e. The van der Waals surface area contributed by atoms with Gasteiger partial charge in [-0.05, 0) is 85.2 Å². The van der Waals surface area contributed by atoms with Crippen LogP contribution < -0.4 is 0 Å². The zero-order valence-corrected chi connectivity index (χ0v) is 28.3. The number of nitrogens with zero attached hydrogens (tertiary/aromatic N) is 1. The van der Waals surface area contributed by atoms with E-state index in [0.29, 0.717) is 27.1 Å². The Hall–Kier alpha value is -0.0800. The average molecular weight is 500 g/mol. The molecule has 0 amide bonds. The van der Waals surface area contributed by atoms with Gasteiger partial charge < -0.3 is 9.64 Å². The van der Waals surface area contributed by atoms with Crippen molar-refractivity contribution in [2.75, 3.05) is 33.4 Å². The molecule has 0 radical (unpaired) electrons. The predicted octanol–water partition coefficient (Wildman–Crippen LogP) is 10.7. The van der Waals surface area contributed by atoms with Crippen LogP contribution in [-0.2, 0) is 4.74 Å². The lowest BCUT2D eigenvalue weighted by atomic mass is 9.78. The summed E-state index contributed by atoms with van der Waals surface area (Å²) in [5, 5.41) is 0. The zero-order valence-electron chi connectivity index (χ0n) is 28.3. The molecule has 0 N–H and O–H groups in total. The molecule has 35 heavy (non-hydrogen) atoms. The molecule has 0 spiro atoms. The standard InChI is InChI=1S/C12H27N.C12H26O.C9H20/c1-11(2)7-9-13(6)10-8-12(3,4)5;1-11(2,3)7-9-13-10-8-12(4,5)6;1-8(2,3)7-9(4,5)6/h11H,7-10H2,1-6H3;7-10H2,1-6H3;7H2,1-6H3. The van der Waals surface area contributed by atoms with Crippen molar-refractivity contribution in [3.8, 4) is 0 Å². The molecular weight excluding hydrogens is 426 g/mol. The van der Waals surface area contributed by atoms with Crippen molar-refractivity contribution in [2.24, 2.45) is 33.0 Å². The molecule has 0 unspecified atom stereocenters. The quantitative estimate of drug-likeness (QED) is 0.292. The molecular formula is C33H73NO. The van der Waals surface area contributed by atoms with E-state index < -0.39 is 0 Å². The molecule has 0 aromatic rings. The van der Waals surface area contributed by atoms with E-state index in [2.05, 4.69) is 130 Å². The van der Waals surface area contributed by atoms with E-state index in [1.165, 1.54) is 32.4 Å². The first-order valence-corrected chi connectivity index (χ1v) is 14.5. The summed E-state index contributed by atoms with van der Waals surface area (Å²) in [6, 6.07) is 0. The Morgan fingerprint density at radius 3 is 1.09 bits per heavy atom. The van der Waals surface area contributed by atoms with Gasteiger partial charge in [-0.3, -0.25) is 0 Å². The van der Waals surface area contributed by atoms with Crippen LogP contribution in [-0.4, -0.2) is 38.3 Å². The van der Waals surface area contributed by atoms with Crippen molar-refractivity contribution in [1.29, 1.82) is 0 Å². The summed E-state index contributed by atoms with van der Waals surface area (Å²) in [6.07, 6.45) is 6.20. The molecule has 0 aliphatic rings. The maximum absolute atomic E-state index is 5.59. The molecule has 216 valence electrons. The molecule has 0 saturated carbocycles. The lowest BCUT2D eigenvalue weighted by Gasteiger charge is -2.28. The van der Waals surface area contributed by atoms with Crippen LogP contribution in [0.3, 0.4) is 0 Å². The van der Waals surface area contributed by atoms with Gasteiger partial charge in [0.1, 0.15) is 0 Å². The summed E-state index contributed by atoms with van der Waals surface area (Å²) < 4.78 is 5.59. The van der Waals surface area contributed by atoms with Crippen LogP contribution in [0.1, 0.15) is 150 Å². The third kappa shape index (κ3) is 47.7. The zero-order chi connectivity index (χ0) is 28.7. The first kappa shape index (κ1) is 39.4. The van der Waals surface area contributed by atoms with Crippen LogP contribution in [0, 0.1) is 33.0 Å². The van der Waals surface area contributed by atoms with Gasteiger partial charge in [-0.25, -0.2) is 0 Å². The Morgan fingerprint density at radius 1 is 0.514 bits per heavy atom. The summed E-state index contributed by atoms with van der Waals surface area (Å²) in [5.41, 5.74) is 2.26. The van der Waals surface area contributed by atoms with E-state index in [9.17, 15) is 0 Å². The highest BCUT2D eigenvalue weighted by Crippen LogP contribution is 2.32. The molecule has 0 heterocycles. The number of hydrogen-bond acceptors (Lipinski definition) is 2. The molecule has 0 rings (SSSR count). The van der Waals surface area contributed by atoms with Gasteiger partial charge in [0.05, 0.1) is 0 Å². The summed E-state index contributed by atoms with van der Waals surface area (Å²) in [7, 11) is 2.23. The molecule has 2 nitrogen and oxygen atoms in total. The maximum Gasteiger partial charge on any atom is 0.0471 e. The predicted molar refractivity (Wildman–Crippen MR) is 164 cm³/mol. The smallest absolute Gasteiger partial charge is 0.0471 e. The fourth-order valence-corrected chi connectivity index (χ4v) is 3.57. The minimum absolute atomic E-state index is 0.404. The van der Waals surface area contributed by atoms with Gasteiger partial charge in [-0.15, -0.1) is 0 Å². The molecule has 0 aromatic heterocycles. The van der Waals surface area contributed by atoms with Gasteiger partial charge in [-0.1, -0.05) is 118 Å². The maximum atomic E-state index is 5.59. The molecule has 0 fully saturated rings. The number of ether oxygens (including phenoxy) is 1. The fourth-order valence-electron chi connectivity index (χ4n) is 3.57. The van der Waals surface area contributed by atoms with Crippen LogP contribution in [0.4, 0.5) is 0 Å². The fraction of sp³-hybridized carbons (Fsp3) is 1.00. The second-order valence-corrected chi connectivity index (χ2v) is 17.3. The monoisotopic (exact) mass is 500 g/mol. The number of rotatable bonds is 9. The van der Waals surface area contributed by atoms with Crippen LogP contribution in [0.5, 0.6) is 0 Å². The van der Waals surface area contributed by atoms with Gasteiger partial charge in [0.2, 0.25) is 0 Å². The van der Waals surface area contributed by atoms with Crippen molar-refractivity contribution in [3.63, 3.8) is 0 Å². The highest BCUT2D eigenvalue weighted by atomic mass is 16.5. The number of hydrogen-bond donors (Lipinski definition) is 0. The van der Waals surface area contributed by atoms with Gasteiger partial charge in [0.15, 0.2) is 0 Å². The summed E-state index contributed by atoms with van der Waals surface area (Å²) >= 11 is 0. The van der Waals surface area contributed by atoms with Crippen LogP contribution in [0.2, 0.25) is 0 Å². The van der Waals surface area contributed by atoms with Crippen molar-refractivity contribution in [2.45, 2.75) is 150 Å². The van der Waals surface area contributed by atoms with Gasteiger partial charge in [-0.2, -0.15) is 0 Å². The van der Waals surface area contributed by atoms with E-state index >= 15 is 0 Å². The van der Waals surface area contributed by atoms with Crippen molar-refractivity contribution in [3.05, 3.63) is 0 Å². The molecule has 0 atom stereocenters. The van der Waals surface area contributed by atoms with Crippen molar-refractivity contribution < 1.29 is 4.74 Å². The van der Waals surface area contributed by atoms with E-state index in [0.717, 1.165) is 32.0 Å². The van der Waals surface area contributed by atoms with Crippen molar-refractivity contribution >= 4 is 0 Å². The molecule has 0 aromatic carbocycles. The molecule has 0 aliphatic carbocycles. The average Bonchev–Trinajstić information content (AvgIpc) is 2.53. The second-order valence-electron chi connectivity index (χ2n) is 17.3.